The van der Waals surface area contributed by atoms with Crippen molar-refractivity contribution in [2.75, 3.05) is 40.6 Å². The van der Waals surface area contributed by atoms with Gasteiger partial charge in [-0.25, -0.2) is 11.7 Å². The van der Waals surface area contributed by atoms with E-state index in [1.807, 2.05) is 0 Å². The Morgan fingerprint density at radius 2 is 1.15 bits per heavy atom. The van der Waals surface area contributed by atoms with Crippen LogP contribution >= 0.6 is 0 Å². The molecule has 2 rings (SSSR count). The number of benzene rings is 2. The Morgan fingerprint density at radius 3 is 1.50 bits per heavy atom. The fourth-order valence-corrected chi connectivity index (χ4v) is 2.65. The van der Waals surface area contributed by atoms with Crippen LogP contribution < -0.4 is 32.0 Å². The molecule has 10 nitrogen and oxygen atoms in total. The van der Waals surface area contributed by atoms with Gasteiger partial charge in [-0.1, -0.05) is 11.8 Å². The molecule has 0 unspecified atom stereocenters. The highest BCUT2D eigenvalue weighted by molar-refractivity contribution is 5.97. The van der Waals surface area contributed by atoms with Gasteiger partial charge < -0.3 is 18.9 Å². The number of rotatable bonds is 10. The quantitative estimate of drug-likeness (QED) is 0.129. The number of nitrogens with two attached hydrogens (primary N) is 2. The summed E-state index contributed by atoms with van der Waals surface area (Å²) in [6.45, 7) is 1.22. The SMILES string of the molecule is COCCOc1cc(C#CC#Cc2ccc(C(=O)NN)c(OCCOC)c2)ccc1C(=O)NN. The molecule has 0 bridgehead atoms. The van der Waals surface area contributed by atoms with Crippen LogP contribution in [0.4, 0.5) is 0 Å². The van der Waals surface area contributed by atoms with E-state index in [1.54, 1.807) is 50.6 Å². The lowest BCUT2D eigenvalue weighted by Crippen LogP contribution is -2.30. The summed E-state index contributed by atoms with van der Waals surface area (Å²) in [7, 11) is 3.10. The van der Waals surface area contributed by atoms with Gasteiger partial charge in [-0.2, -0.15) is 0 Å². The van der Waals surface area contributed by atoms with Crippen molar-refractivity contribution in [3.05, 3.63) is 58.7 Å². The summed E-state index contributed by atoms with van der Waals surface area (Å²) in [4.78, 5) is 23.9. The monoisotopic (exact) mass is 466 g/mol. The third-order valence-electron chi connectivity index (χ3n) is 4.28. The number of ether oxygens (including phenoxy) is 4. The Kier molecular flexibility index (Phi) is 10.9. The van der Waals surface area contributed by atoms with Crippen LogP contribution in [0.2, 0.25) is 0 Å². The van der Waals surface area contributed by atoms with Crippen molar-refractivity contribution in [1.82, 2.24) is 10.9 Å². The normalized spacial score (nSPS) is 9.65. The first-order valence-electron chi connectivity index (χ1n) is 10.1. The van der Waals surface area contributed by atoms with Gasteiger partial charge in [-0.15, -0.1) is 0 Å². The molecule has 0 saturated carbocycles. The number of hydrogen-bond donors (Lipinski definition) is 4. The zero-order valence-electron chi connectivity index (χ0n) is 18.9. The number of nitrogen functional groups attached to an aromatic ring is 2. The van der Waals surface area contributed by atoms with Crippen molar-refractivity contribution in [3.8, 4) is 35.2 Å². The van der Waals surface area contributed by atoms with E-state index in [4.69, 9.17) is 30.6 Å². The molecule has 2 amide bonds. The number of hydrogen-bond acceptors (Lipinski definition) is 8. The first-order valence-corrected chi connectivity index (χ1v) is 10.1. The maximum Gasteiger partial charge on any atom is 0.268 e. The van der Waals surface area contributed by atoms with Crippen LogP contribution in [0.25, 0.3) is 0 Å². The summed E-state index contributed by atoms with van der Waals surface area (Å²) >= 11 is 0. The summed E-state index contributed by atoms with van der Waals surface area (Å²) in [6, 6.07) is 9.68. The topological polar surface area (TPSA) is 147 Å². The highest BCUT2D eigenvalue weighted by Crippen LogP contribution is 2.21. The molecule has 0 saturated heterocycles. The van der Waals surface area contributed by atoms with Crippen LogP contribution in [-0.4, -0.2) is 52.5 Å². The van der Waals surface area contributed by atoms with Crippen molar-refractivity contribution in [3.63, 3.8) is 0 Å². The van der Waals surface area contributed by atoms with E-state index in [2.05, 4.69) is 34.5 Å². The summed E-state index contributed by atoms with van der Waals surface area (Å²) in [5.74, 6) is 21.4. The maximum atomic E-state index is 11.9. The molecule has 0 atom stereocenters. The molecule has 6 N–H and O–H groups in total. The molecule has 34 heavy (non-hydrogen) atoms. The summed E-state index contributed by atoms with van der Waals surface area (Å²) in [5.41, 5.74) is 5.89. The lowest BCUT2D eigenvalue weighted by molar-refractivity contribution is 0.0937. The molecular weight excluding hydrogens is 440 g/mol. The average Bonchev–Trinajstić information content (AvgIpc) is 2.86. The Bertz CT molecular complexity index is 1040. The molecule has 10 heteroatoms. The van der Waals surface area contributed by atoms with Gasteiger partial charge in [0.1, 0.15) is 24.7 Å². The molecule has 2 aromatic rings. The number of methoxy groups -OCH3 is 2. The van der Waals surface area contributed by atoms with E-state index in [1.165, 1.54) is 0 Å². The third-order valence-corrected chi connectivity index (χ3v) is 4.28. The molecule has 0 aliphatic heterocycles. The largest absolute Gasteiger partial charge is 0.490 e. The van der Waals surface area contributed by atoms with E-state index in [0.29, 0.717) is 35.8 Å². The van der Waals surface area contributed by atoms with Crippen molar-refractivity contribution in [2.45, 2.75) is 0 Å². The van der Waals surface area contributed by atoms with Gasteiger partial charge in [-0.05, 0) is 48.2 Å². The van der Waals surface area contributed by atoms with Crippen LogP contribution in [0, 0.1) is 23.7 Å². The van der Waals surface area contributed by atoms with Crippen LogP contribution in [0.3, 0.4) is 0 Å². The molecule has 0 spiro atoms. The first kappa shape index (κ1) is 26.2. The predicted molar refractivity (Wildman–Crippen MR) is 125 cm³/mol. The number of carbonyl (C=O) groups excluding carboxylic acids is 2. The summed E-state index contributed by atoms with van der Waals surface area (Å²) in [5, 5.41) is 0. The predicted octanol–water partition coefficient (Wildman–Crippen LogP) is 0.347. The van der Waals surface area contributed by atoms with Crippen LogP contribution in [-0.2, 0) is 9.47 Å². The van der Waals surface area contributed by atoms with Gasteiger partial charge in [0, 0.05) is 25.3 Å². The van der Waals surface area contributed by atoms with Crippen molar-refractivity contribution >= 4 is 11.8 Å². The zero-order valence-corrected chi connectivity index (χ0v) is 18.9. The molecule has 178 valence electrons. The zero-order chi connectivity index (χ0) is 24.8. The minimum atomic E-state index is -0.484. The Balaban J connectivity index is 2.24. The van der Waals surface area contributed by atoms with Gasteiger partial charge in [0.05, 0.1) is 24.3 Å². The smallest absolute Gasteiger partial charge is 0.268 e. The average molecular weight is 466 g/mol. The van der Waals surface area contributed by atoms with E-state index in [-0.39, 0.29) is 24.3 Å². The molecule has 0 radical (unpaired) electrons. The number of hydrazine groups is 2. The van der Waals surface area contributed by atoms with Crippen molar-refractivity contribution in [2.24, 2.45) is 11.7 Å². The second-order valence-electron chi connectivity index (χ2n) is 6.55. The summed E-state index contributed by atoms with van der Waals surface area (Å²) < 4.78 is 21.1. The van der Waals surface area contributed by atoms with Gasteiger partial charge in [-0.3, -0.25) is 20.4 Å². The van der Waals surface area contributed by atoms with E-state index in [0.717, 1.165) is 0 Å². The molecule has 0 fully saturated rings. The van der Waals surface area contributed by atoms with Gasteiger partial charge in [0.2, 0.25) is 0 Å². The minimum absolute atomic E-state index is 0.255. The van der Waals surface area contributed by atoms with Crippen LogP contribution in [0.1, 0.15) is 31.8 Å². The lowest BCUT2D eigenvalue weighted by Gasteiger charge is -2.10. The molecule has 0 aromatic heterocycles. The second-order valence-corrected chi connectivity index (χ2v) is 6.55. The lowest BCUT2D eigenvalue weighted by atomic mass is 10.1. The number of nitrogens with one attached hydrogen (secondary N) is 2. The fraction of sp³-hybridized carbons (Fsp3) is 0.250. The van der Waals surface area contributed by atoms with E-state index >= 15 is 0 Å². The third kappa shape index (κ3) is 7.81. The van der Waals surface area contributed by atoms with Gasteiger partial charge in [0.15, 0.2) is 0 Å². The summed E-state index contributed by atoms with van der Waals surface area (Å²) in [6.07, 6.45) is 0. The number of amides is 2. The first-order chi connectivity index (χ1) is 16.5. The Labute approximate surface area is 197 Å². The highest BCUT2D eigenvalue weighted by atomic mass is 16.5. The maximum absolute atomic E-state index is 11.9. The van der Waals surface area contributed by atoms with Gasteiger partial charge >= 0.3 is 0 Å². The fourth-order valence-electron chi connectivity index (χ4n) is 2.65. The molecular formula is C24H26N4O6. The Hall–Kier alpha value is -4.06. The van der Waals surface area contributed by atoms with E-state index in [9.17, 15) is 9.59 Å². The second kappa shape index (κ2) is 14.2. The Morgan fingerprint density at radius 1 is 0.735 bits per heavy atom. The van der Waals surface area contributed by atoms with E-state index < -0.39 is 11.8 Å². The van der Waals surface area contributed by atoms with Gasteiger partial charge in [0.25, 0.3) is 11.8 Å². The van der Waals surface area contributed by atoms with Crippen molar-refractivity contribution in [1.29, 1.82) is 0 Å². The number of carbonyl (C=O) groups is 2. The van der Waals surface area contributed by atoms with Crippen LogP contribution in [0.15, 0.2) is 36.4 Å². The van der Waals surface area contributed by atoms with Crippen molar-refractivity contribution < 1.29 is 28.5 Å². The van der Waals surface area contributed by atoms with Crippen LogP contribution in [0.5, 0.6) is 11.5 Å². The molecule has 0 heterocycles. The standard InChI is InChI=1S/C24H26N4O6/c1-31-11-13-33-21-15-17(7-9-19(21)23(29)27-25)5-3-4-6-18-8-10-20(24(30)28-26)22(16-18)34-14-12-32-2/h7-10,15-16H,11-14,25-26H2,1-2H3,(H,27,29)(H,28,30). The highest BCUT2D eigenvalue weighted by Gasteiger charge is 2.13. The molecule has 2 aromatic carbocycles. The molecule has 0 aliphatic carbocycles. The molecule has 0 aliphatic rings. The minimum Gasteiger partial charge on any atom is -0.490 e.